The van der Waals surface area contributed by atoms with Crippen molar-refractivity contribution in [2.24, 2.45) is 11.8 Å². The molecule has 0 bridgehead atoms. The molecular formula is C18H20O2S2. The summed E-state index contributed by atoms with van der Waals surface area (Å²) in [4.78, 5) is 14.8. The van der Waals surface area contributed by atoms with E-state index in [2.05, 4.69) is 26.8 Å². The van der Waals surface area contributed by atoms with Crippen LogP contribution in [0.1, 0.15) is 37.4 Å². The minimum absolute atomic E-state index is 0.0795. The molecule has 2 aromatic rings. The third-order valence-corrected chi connectivity index (χ3v) is 6.71. The van der Waals surface area contributed by atoms with E-state index in [1.165, 1.54) is 5.57 Å². The van der Waals surface area contributed by atoms with Crippen LogP contribution in [-0.4, -0.2) is 5.78 Å². The predicted octanol–water partition coefficient (Wildman–Crippen LogP) is 5.33. The van der Waals surface area contributed by atoms with E-state index in [4.69, 9.17) is 4.74 Å². The van der Waals surface area contributed by atoms with Gasteiger partial charge in [-0.05, 0) is 48.2 Å². The minimum Gasteiger partial charge on any atom is -0.472 e. The lowest BCUT2D eigenvalue weighted by Gasteiger charge is -2.45. The lowest BCUT2D eigenvalue weighted by atomic mass is 9.72. The molecule has 0 spiro atoms. The first-order chi connectivity index (χ1) is 10.5. The topological polar surface area (TPSA) is 26.3 Å². The molecule has 1 aliphatic rings. The van der Waals surface area contributed by atoms with Gasteiger partial charge in [-0.15, -0.1) is 22.7 Å². The number of hydrogen-bond acceptors (Lipinski definition) is 4. The number of ketones is 1. The molecule has 3 rings (SSSR count). The van der Waals surface area contributed by atoms with Gasteiger partial charge >= 0.3 is 0 Å². The van der Waals surface area contributed by atoms with Gasteiger partial charge in [-0.2, -0.15) is 0 Å². The van der Waals surface area contributed by atoms with Gasteiger partial charge in [-0.1, -0.05) is 26.0 Å². The molecule has 0 radical (unpaired) electrons. The molecule has 2 nitrogen and oxygen atoms in total. The molecule has 0 saturated carbocycles. The summed E-state index contributed by atoms with van der Waals surface area (Å²) >= 11 is 3.25. The Morgan fingerprint density at radius 1 is 1.18 bits per heavy atom. The SMILES string of the molecule is CC(=O)[C@@]1(c2cccs2)OC(c2cccs2)=C(C)[C@H](C)[C@H]1C. The van der Waals surface area contributed by atoms with Crippen molar-refractivity contribution >= 4 is 34.2 Å². The van der Waals surface area contributed by atoms with Gasteiger partial charge in [0.1, 0.15) is 5.76 Å². The second kappa shape index (κ2) is 5.67. The van der Waals surface area contributed by atoms with Crippen LogP contribution in [0.15, 0.2) is 40.6 Å². The molecule has 116 valence electrons. The van der Waals surface area contributed by atoms with Crippen molar-refractivity contribution in [3.63, 3.8) is 0 Å². The number of carbonyl (C=O) groups excluding carboxylic acids is 1. The molecule has 0 aromatic carbocycles. The highest BCUT2D eigenvalue weighted by Crippen LogP contribution is 2.51. The highest BCUT2D eigenvalue weighted by Gasteiger charge is 2.52. The second-order valence-corrected chi connectivity index (χ2v) is 7.83. The van der Waals surface area contributed by atoms with E-state index in [0.29, 0.717) is 0 Å². The minimum atomic E-state index is -0.869. The third kappa shape index (κ3) is 2.17. The highest BCUT2D eigenvalue weighted by molar-refractivity contribution is 7.11. The summed E-state index contributed by atoms with van der Waals surface area (Å²) in [6.45, 7) is 8.09. The second-order valence-electron chi connectivity index (χ2n) is 5.94. The smallest absolute Gasteiger partial charge is 0.203 e. The van der Waals surface area contributed by atoms with Gasteiger partial charge in [-0.3, -0.25) is 4.79 Å². The van der Waals surface area contributed by atoms with Crippen LogP contribution in [0, 0.1) is 11.8 Å². The van der Waals surface area contributed by atoms with E-state index < -0.39 is 5.60 Å². The first-order valence-corrected chi connectivity index (χ1v) is 9.23. The van der Waals surface area contributed by atoms with Crippen LogP contribution in [0.2, 0.25) is 0 Å². The third-order valence-electron chi connectivity index (χ3n) is 4.85. The van der Waals surface area contributed by atoms with Gasteiger partial charge in [0, 0.05) is 5.92 Å². The molecule has 0 saturated heterocycles. The molecular weight excluding hydrogens is 312 g/mol. The first-order valence-electron chi connectivity index (χ1n) is 7.47. The van der Waals surface area contributed by atoms with Crippen LogP contribution >= 0.6 is 22.7 Å². The van der Waals surface area contributed by atoms with Gasteiger partial charge in [0.2, 0.25) is 5.60 Å². The fourth-order valence-corrected chi connectivity index (χ4v) is 5.03. The summed E-state index contributed by atoms with van der Waals surface area (Å²) in [6, 6.07) is 8.09. The zero-order chi connectivity index (χ0) is 15.9. The van der Waals surface area contributed by atoms with Gasteiger partial charge in [0.25, 0.3) is 0 Å². The molecule has 2 aromatic heterocycles. The van der Waals surface area contributed by atoms with Gasteiger partial charge in [0.15, 0.2) is 5.78 Å². The Bertz CT molecular complexity index is 698. The summed E-state index contributed by atoms with van der Waals surface area (Å²) in [5.74, 6) is 1.35. The molecule has 0 aliphatic carbocycles. The molecule has 0 fully saturated rings. The Morgan fingerprint density at radius 2 is 1.86 bits per heavy atom. The Balaban J connectivity index is 2.19. The van der Waals surface area contributed by atoms with E-state index in [9.17, 15) is 4.79 Å². The Labute approximate surface area is 139 Å². The zero-order valence-electron chi connectivity index (χ0n) is 13.3. The Kier molecular flexibility index (Phi) is 4.00. The number of carbonyl (C=O) groups is 1. The number of Topliss-reactive ketones (excluding diaryl/α,β-unsaturated/α-hetero) is 1. The molecule has 3 heterocycles. The number of hydrogen-bond donors (Lipinski definition) is 0. The van der Waals surface area contributed by atoms with E-state index in [0.717, 1.165) is 15.5 Å². The Hall–Kier alpha value is -1.39. The van der Waals surface area contributed by atoms with Crippen LogP contribution in [0.5, 0.6) is 0 Å². The van der Waals surface area contributed by atoms with Crippen molar-refractivity contribution in [3.8, 4) is 0 Å². The molecule has 0 N–H and O–H groups in total. The average Bonchev–Trinajstić information content (AvgIpc) is 3.18. The molecule has 3 atom stereocenters. The number of thiophene rings is 2. The van der Waals surface area contributed by atoms with Crippen molar-refractivity contribution in [3.05, 3.63) is 50.4 Å². The van der Waals surface area contributed by atoms with Crippen LogP contribution in [0.3, 0.4) is 0 Å². The van der Waals surface area contributed by atoms with E-state index >= 15 is 0 Å². The van der Waals surface area contributed by atoms with Crippen molar-refractivity contribution in [1.82, 2.24) is 0 Å². The maximum atomic E-state index is 12.7. The summed E-state index contributed by atoms with van der Waals surface area (Å²) in [5, 5.41) is 4.05. The van der Waals surface area contributed by atoms with Crippen molar-refractivity contribution in [2.75, 3.05) is 0 Å². The lowest BCUT2D eigenvalue weighted by Crippen LogP contribution is -2.47. The lowest BCUT2D eigenvalue weighted by molar-refractivity contribution is -0.144. The summed E-state index contributed by atoms with van der Waals surface area (Å²) in [7, 11) is 0. The average molecular weight is 332 g/mol. The number of rotatable bonds is 3. The van der Waals surface area contributed by atoms with Crippen LogP contribution in [0.4, 0.5) is 0 Å². The molecule has 22 heavy (non-hydrogen) atoms. The van der Waals surface area contributed by atoms with Gasteiger partial charge in [-0.25, -0.2) is 0 Å². The van der Waals surface area contributed by atoms with Crippen LogP contribution in [-0.2, 0) is 15.1 Å². The quantitative estimate of drug-likeness (QED) is 0.759. The van der Waals surface area contributed by atoms with E-state index in [1.807, 2.05) is 29.0 Å². The first kappa shape index (κ1) is 15.5. The van der Waals surface area contributed by atoms with Gasteiger partial charge in [0.05, 0.1) is 9.75 Å². The maximum absolute atomic E-state index is 12.7. The molecule has 4 heteroatoms. The largest absolute Gasteiger partial charge is 0.472 e. The predicted molar refractivity (Wildman–Crippen MR) is 93.0 cm³/mol. The molecule has 0 amide bonds. The summed E-state index contributed by atoms with van der Waals surface area (Å²) in [5.41, 5.74) is 0.357. The fourth-order valence-electron chi connectivity index (χ4n) is 3.25. The van der Waals surface area contributed by atoms with Crippen LogP contribution < -0.4 is 0 Å². The van der Waals surface area contributed by atoms with Crippen molar-refractivity contribution < 1.29 is 9.53 Å². The summed E-state index contributed by atoms with van der Waals surface area (Å²) in [6.07, 6.45) is 0. The number of ether oxygens (including phenoxy) is 1. The monoisotopic (exact) mass is 332 g/mol. The normalized spacial score (nSPS) is 28.5. The van der Waals surface area contributed by atoms with Crippen molar-refractivity contribution in [1.29, 1.82) is 0 Å². The zero-order valence-corrected chi connectivity index (χ0v) is 14.9. The Morgan fingerprint density at radius 3 is 2.41 bits per heavy atom. The summed E-state index contributed by atoms with van der Waals surface area (Å²) < 4.78 is 6.47. The van der Waals surface area contributed by atoms with Crippen molar-refractivity contribution in [2.45, 2.75) is 33.3 Å². The number of allylic oxidation sites excluding steroid dienone is 1. The maximum Gasteiger partial charge on any atom is 0.203 e. The standard InChI is InChI=1S/C18H20O2S2/c1-11-12(2)17(15-7-5-9-21-15)20-18(13(11)3,14(4)19)16-8-6-10-22-16/h5-11,13H,1-4H3/t11-,13+,18-/m0/s1. The van der Waals surface area contributed by atoms with E-state index in [1.54, 1.807) is 29.6 Å². The highest BCUT2D eigenvalue weighted by atomic mass is 32.1. The van der Waals surface area contributed by atoms with E-state index in [-0.39, 0.29) is 17.6 Å². The molecule has 0 unspecified atom stereocenters. The fraction of sp³-hybridized carbons (Fsp3) is 0.389. The molecule has 1 aliphatic heterocycles. The van der Waals surface area contributed by atoms with Crippen LogP contribution in [0.25, 0.3) is 5.76 Å². The van der Waals surface area contributed by atoms with Gasteiger partial charge < -0.3 is 4.74 Å².